The molecule has 0 aliphatic carbocycles. The standard InChI is InChI=1S/C41H46N8O3S.C6H6/c1-48(2)39(33-10-5-4-6-11-33)41(51)42-24-8-7-13-37-43-26-34(46-37)31-20-16-29(17-21-31)14-15-30-18-22-32(23-19-30)35-27-44-40(47-35)36-12-9-25-49(36)38(50)28-45-53(3)52;1-2-4-6-5-3-1/h4-6,10-11,16-23,26-27,36,39,45H,7-9,12-13,24-25,28H2,1-3H3,(H,42,51)(H,43,46)(H,44,47);1-6H. The van der Waals surface area contributed by atoms with Crippen LogP contribution in [-0.2, 0) is 27.0 Å². The van der Waals surface area contributed by atoms with Crippen LogP contribution in [0.1, 0.15) is 66.1 Å². The molecule has 0 bridgehead atoms. The smallest absolute Gasteiger partial charge is 0.241 e. The van der Waals surface area contributed by atoms with E-state index in [9.17, 15) is 13.8 Å². The van der Waals surface area contributed by atoms with E-state index in [1.807, 2.05) is 145 Å². The van der Waals surface area contributed by atoms with Gasteiger partial charge in [-0.15, -0.1) is 0 Å². The molecule has 1 aliphatic heterocycles. The van der Waals surface area contributed by atoms with E-state index in [1.54, 1.807) is 6.20 Å². The van der Waals surface area contributed by atoms with Gasteiger partial charge in [0.15, 0.2) is 0 Å². The van der Waals surface area contributed by atoms with Crippen LogP contribution in [0.15, 0.2) is 128 Å². The molecule has 304 valence electrons. The lowest BCUT2D eigenvalue weighted by Crippen LogP contribution is -2.38. The molecule has 2 aromatic heterocycles. The van der Waals surface area contributed by atoms with Crippen LogP contribution >= 0.6 is 0 Å². The van der Waals surface area contributed by atoms with Crippen LogP contribution in [-0.4, -0.2) is 85.7 Å². The highest BCUT2D eigenvalue weighted by Crippen LogP contribution is 2.31. The van der Waals surface area contributed by atoms with E-state index in [-0.39, 0.29) is 30.4 Å². The van der Waals surface area contributed by atoms with Gasteiger partial charge < -0.3 is 20.2 Å². The Hall–Kier alpha value is -6.13. The SMILES string of the molecule is CN(C)C(C(=O)NCCCCc1ncc(-c2ccc(C#Cc3ccc(-c4cnc(C5CCCN5C(=O)CNS(C)=O)[nH]4)cc3)cc2)[nH]1)c1ccccc1.c1ccccc1. The Kier molecular flexibility index (Phi) is 15.5. The summed E-state index contributed by atoms with van der Waals surface area (Å²) < 4.78 is 14.1. The van der Waals surface area contributed by atoms with Gasteiger partial charge in [0.25, 0.3) is 0 Å². The highest BCUT2D eigenvalue weighted by molar-refractivity contribution is 7.82. The average molecular weight is 809 g/mol. The van der Waals surface area contributed by atoms with Gasteiger partial charge in [0, 0.05) is 36.9 Å². The third-order valence-electron chi connectivity index (χ3n) is 9.97. The van der Waals surface area contributed by atoms with Gasteiger partial charge in [-0.05, 0) is 80.7 Å². The van der Waals surface area contributed by atoms with Crippen molar-refractivity contribution in [2.75, 3.05) is 40.0 Å². The minimum Gasteiger partial charge on any atom is -0.354 e. The van der Waals surface area contributed by atoms with Crippen molar-refractivity contribution in [2.24, 2.45) is 0 Å². The average Bonchev–Trinajstić information content (AvgIpc) is 4.06. The molecule has 3 unspecified atom stereocenters. The molecule has 3 heterocycles. The van der Waals surface area contributed by atoms with Crippen LogP contribution in [0.4, 0.5) is 0 Å². The predicted octanol–water partition coefficient (Wildman–Crippen LogP) is 6.84. The molecule has 0 radical (unpaired) electrons. The number of benzene rings is 4. The van der Waals surface area contributed by atoms with Crippen LogP contribution < -0.4 is 10.0 Å². The fourth-order valence-electron chi connectivity index (χ4n) is 6.94. The lowest BCUT2D eigenvalue weighted by Gasteiger charge is -2.23. The molecule has 2 amide bonds. The van der Waals surface area contributed by atoms with Crippen molar-refractivity contribution < 1.29 is 13.8 Å². The number of amides is 2. The Morgan fingerprint density at radius 1 is 0.814 bits per heavy atom. The zero-order valence-electron chi connectivity index (χ0n) is 33.9. The number of H-pyrrole nitrogens is 2. The number of hydrogen-bond acceptors (Lipinski definition) is 6. The van der Waals surface area contributed by atoms with Crippen LogP contribution in [0.3, 0.4) is 0 Å². The Labute approximate surface area is 349 Å². The van der Waals surface area contributed by atoms with Crippen molar-refractivity contribution in [2.45, 2.75) is 44.2 Å². The summed E-state index contributed by atoms with van der Waals surface area (Å²) in [5, 5.41) is 3.09. The lowest BCUT2D eigenvalue weighted by molar-refractivity contribution is -0.131. The second-order valence-electron chi connectivity index (χ2n) is 14.5. The van der Waals surface area contributed by atoms with Gasteiger partial charge in [-0.25, -0.2) is 18.9 Å². The summed E-state index contributed by atoms with van der Waals surface area (Å²) in [4.78, 5) is 45.3. The van der Waals surface area contributed by atoms with Gasteiger partial charge in [-0.2, -0.15) is 0 Å². The minimum atomic E-state index is -1.24. The van der Waals surface area contributed by atoms with Gasteiger partial charge in [0.2, 0.25) is 11.8 Å². The zero-order valence-corrected chi connectivity index (χ0v) is 34.7. The number of rotatable bonds is 14. The first kappa shape index (κ1) is 42.5. The molecule has 4 N–H and O–H groups in total. The number of carbonyl (C=O) groups excluding carboxylic acids is 2. The maximum absolute atomic E-state index is 12.9. The number of nitrogens with one attached hydrogen (secondary N) is 4. The highest BCUT2D eigenvalue weighted by atomic mass is 32.2. The quantitative estimate of drug-likeness (QED) is 0.0703. The fraction of sp³-hybridized carbons (Fsp3) is 0.277. The molecule has 7 rings (SSSR count). The highest BCUT2D eigenvalue weighted by Gasteiger charge is 2.32. The van der Waals surface area contributed by atoms with Crippen molar-refractivity contribution in [3.63, 3.8) is 0 Å². The van der Waals surface area contributed by atoms with Gasteiger partial charge >= 0.3 is 0 Å². The number of aromatic amines is 2. The Morgan fingerprint density at radius 3 is 1.98 bits per heavy atom. The molecule has 12 heteroatoms. The molecule has 3 atom stereocenters. The number of likely N-dealkylation sites (N-methyl/N-ethyl adjacent to an activating group) is 1. The van der Waals surface area contributed by atoms with Crippen LogP contribution in [0, 0.1) is 11.8 Å². The second kappa shape index (κ2) is 21.6. The third kappa shape index (κ3) is 12.4. The van der Waals surface area contributed by atoms with E-state index in [2.05, 4.69) is 41.8 Å². The summed E-state index contributed by atoms with van der Waals surface area (Å²) in [6, 6.07) is 37.5. The topological polar surface area (TPSA) is 139 Å². The zero-order chi connectivity index (χ0) is 41.4. The minimum absolute atomic E-state index is 0.0124. The number of carbonyl (C=O) groups is 2. The molecule has 11 nitrogen and oxygen atoms in total. The number of hydrogen-bond donors (Lipinski definition) is 4. The Morgan fingerprint density at radius 2 is 1.39 bits per heavy atom. The van der Waals surface area contributed by atoms with Gasteiger partial charge in [-0.1, -0.05) is 103 Å². The molecule has 1 aliphatic rings. The summed E-state index contributed by atoms with van der Waals surface area (Å²) in [5.74, 6) is 8.14. The molecule has 1 saturated heterocycles. The Bertz CT molecular complexity index is 2290. The second-order valence-corrected chi connectivity index (χ2v) is 15.7. The van der Waals surface area contributed by atoms with Crippen molar-refractivity contribution in [1.82, 2.24) is 39.8 Å². The molecule has 6 aromatic rings. The maximum atomic E-state index is 12.9. The van der Waals surface area contributed by atoms with E-state index in [0.717, 1.165) is 83.0 Å². The molecule has 0 saturated carbocycles. The molecule has 1 fully saturated rings. The first-order valence-corrected chi connectivity index (χ1v) is 21.5. The fourth-order valence-corrected chi connectivity index (χ4v) is 7.27. The van der Waals surface area contributed by atoms with Crippen molar-refractivity contribution in [3.8, 4) is 34.4 Å². The van der Waals surface area contributed by atoms with E-state index < -0.39 is 11.0 Å². The summed E-state index contributed by atoms with van der Waals surface area (Å²) in [6.45, 7) is 1.33. The van der Waals surface area contributed by atoms with Crippen LogP contribution in [0.2, 0.25) is 0 Å². The van der Waals surface area contributed by atoms with Crippen LogP contribution in [0.25, 0.3) is 22.5 Å². The van der Waals surface area contributed by atoms with Gasteiger partial charge in [0.05, 0.1) is 47.4 Å². The normalized spacial score (nSPS) is 14.4. The van der Waals surface area contributed by atoms with E-state index in [0.29, 0.717) is 13.1 Å². The van der Waals surface area contributed by atoms with Gasteiger partial charge in [-0.3, -0.25) is 14.5 Å². The molecule has 0 spiro atoms. The first-order valence-electron chi connectivity index (χ1n) is 19.9. The molecular formula is C47H52N8O3S. The number of likely N-dealkylation sites (tertiary alicyclic amines) is 1. The maximum Gasteiger partial charge on any atom is 0.241 e. The van der Waals surface area contributed by atoms with Crippen LogP contribution in [0.5, 0.6) is 0 Å². The summed E-state index contributed by atoms with van der Waals surface area (Å²) in [6.07, 6.45) is 9.50. The van der Waals surface area contributed by atoms with E-state index >= 15 is 0 Å². The van der Waals surface area contributed by atoms with E-state index in [4.69, 9.17) is 0 Å². The number of aromatic nitrogens is 4. The lowest BCUT2D eigenvalue weighted by atomic mass is 10.1. The summed E-state index contributed by atoms with van der Waals surface area (Å²) in [7, 11) is 2.61. The monoisotopic (exact) mass is 808 g/mol. The summed E-state index contributed by atoms with van der Waals surface area (Å²) in [5.41, 5.74) is 6.66. The predicted molar refractivity (Wildman–Crippen MR) is 235 cm³/mol. The van der Waals surface area contributed by atoms with E-state index in [1.165, 1.54) is 6.26 Å². The molecular weight excluding hydrogens is 757 g/mol. The Balaban J connectivity index is 0.000000894. The molecule has 59 heavy (non-hydrogen) atoms. The van der Waals surface area contributed by atoms with Crippen molar-refractivity contribution in [1.29, 1.82) is 0 Å². The van der Waals surface area contributed by atoms with Crippen molar-refractivity contribution in [3.05, 3.63) is 156 Å². The molecule has 4 aromatic carbocycles. The summed E-state index contributed by atoms with van der Waals surface area (Å²) >= 11 is 0. The number of aryl methyl sites for hydroxylation is 1. The number of nitrogens with zero attached hydrogens (tertiary/aromatic N) is 4. The largest absolute Gasteiger partial charge is 0.354 e. The third-order valence-corrected chi connectivity index (χ3v) is 10.5. The van der Waals surface area contributed by atoms with Gasteiger partial charge in [0.1, 0.15) is 17.7 Å². The van der Waals surface area contributed by atoms with Crippen molar-refractivity contribution >= 4 is 22.8 Å². The number of imidazole rings is 2. The first-order chi connectivity index (χ1) is 28.7. The number of unbranched alkanes of at least 4 members (excludes halogenated alkanes) is 1.